The number of nitrogens with one attached hydrogen (secondary N) is 1. The quantitative estimate of drug-likeness (QED) is 0.170. The van der Waals surface area contributed by atoms with Crippen molar-refractivity contribution in [3.63, 3.8) is 0 Å². The fourth-order valence-electron chi connectivity index (χ4n) is 3.19. The standard InChI is InChI=1S/C23H24F5N3OS/c1-2-3-4-5-6-7-12-32-18-10-9-16(13-17(18)23(26,27)28)30-22-31-20(21(25)33-22)15-8-11-19(24)29-14-15/h8-11,13-14H,2-7,12H2,1H3,(H,30,31). The Hall–Kier alpha value is -2.75. The van der Waals surface area contributed by atoms with E-state index >= 15 is 0 Å². The SMILES string of the molecule is CCCCCCCCOc1ccc(Nc2nc(-c3ccc(F)nc3)c(F)s2)cc1C(F)(F)F. The highest BCUT2D eigenvalue weighted by Gasteiger charge is 2.35. The first kappa shape index (κ1) is 24.9. The van der Waals surface area contributed by atoms with Crippen LogP contribution in [0.2, 0.25) is 0 Å². The minimum atomic E-state index is -4.62. The molecule has 10 heteroatoms. The molecule has 0 aliphatic rings. The molecule has 0 unspecified atom stereocenters. The maximum atomic E-state index is 14.3. The van der Waals surface area contributed by atoms with Crippen LogP contribution in [-0.2, 0) is 6.18 Å². The van der Waals surface area contributed by atoms with Crippen molar-refractivity contribution in [2.75, 3.05) is 11.9 Å². The van der Waals surface area contributed by atoms with Gasteiger partial charge >= 0.3 is 6.18 Å². The van der Waals surface area contributed by atoms with Gasteiger partial charge in [0.1, 0.15) is 11.4 Å². The van der Waals surface area contributed by atoms with Gasteiger partial charge in [-0.2, -0.15) is 22.0 Å². The van der Waals surface area contributed by atoms with E-state index in [9.17, 15) is 22.0 Å². The summed E-state index contributed by atoms with van der Waals surface area (Å²) in [6, 6.07) is 5.97. The number of nitrogens with zero attached hydrogens (tertiary/aromatic N) is 2. The zero-order valence-electron chi connectivity index (χ0n) is 18.0. The number of alkyl halides is 3. The molecular formula is C23H24F5N3OS. The van der Waals surface area contributed by atoms with Gasteiger partial charge in [0.05, 0.1) is 12.2 Å². The van der Waals surface area contributed by atoms with Gasteiger partial charge in [-0.15, -0.1) is 0 Å². The fraction of sp³-hybridized carbons (Fsp3) is 0.391. The van der Waals surface area contributed by atoms with Crippen LogP contribution in [0.4, 0.5) is 32.8 Å². The van der Waals surface area contributed by atoms with Crippen LogP contribution in [0.1, 0.15) is 51.0 Å². The maximum Gasteiger partial charge on any atom is 0.420 e. The summed E-state index contributed by atoms with van der Waals surface area (Å²) < 4.78 is 73.4. The Kier molecular flexibility index (Phi) is 8.60. The number of halogens is 5. The molecule has 1 aromatic carbocycles. The number of pyridine rings is 1. The molecule has 178 valence electrons. The summed E-state index contributed by atoms with van der Waals surface area (Å²) >= 11 is 0.628. The van der Waals surface area contributed by atoms with E-state index in [-0.39, 0.29) is 34.4 Å². The van der Waals surface area contributed by atoms with Crippen LogP contribution in [-0.4, -0.2) is 16.6 Å². The van der Waals surface area contributed by atoms with Crippen molar-refractivity contribution in [1.82, 2.24) is 9.97 Å². The molecule has 0 saturated carbocycles. The lowest BCUT2D eigenvalue weighted by atomic mass is 10.1. The second-order valence-corrected chi connectivity index (χ2v) is 8.41. The third-order valence-electron chi connectivity index (χ3n) is 4.88. The van der Waals surface area contributed by atoms with Crippen LogP contribution >= 0.6 is 11.3 Å². The van der Waals surface area contributed by atoms with Gasteiger partial charge in [-0.05, 0) is 36.8 Å². The Morgan fingerprint density at radius 1 is 1.00 bits per heavy atom. The van der Waals surface area contributed by atoms with Gasteiger partial charge in [0.25, 0.3) is 0 Å². The van der Waals surface area contributed by atoms with E-state index in [1.807, 2.05) is 0 Å². The maximum absolute atomic E-state index is 14.3. The molecule has 3 aromatic rings. The lowest BCUT2D eigenvalue weighted by molar-refractivity contribution is -0.138. The molecule has 3 rings (SSSR count). The summed E-state index contributed by atoms with van der Waals surface area (Å²) in [5.41, 5.74) is -0.636. The molecule has 0 saturated heterocycles. The number of rotatable bonds is 11. The second-order valence-electron chi connectivity index (χ2n) is 7.46. The average Bonchev–Trinajstić information content (AvgIpc) is 3.13. The van der Waals surface area contributed by atoms with Gasteiger partial charge < -0.3 is 10.1 Å². The molecule has 0 atom stereocenters. The molecule has 33 heavy (non-hydrogen) atoms. The molecule has 0 amide bonds. The number of aromatic nitrogens is 2. The second kappa shape index (κ2) is 11.4. The van der Waals surface area contributed by atoms with Crippen molar-refractivity contribution in [3.8, 4) is 17.0 Å². The van der Waals surface area contributed by atoms with E-state index in [4.69, 9.17) is 4.74 Å². The van der Waals surface area contributed by atoms with Crippen molar-refractivity contribution >= 4 is 22.2 Å². The first-order valence-electron chi connectivity index (χ1n) is 10.7. The monoisotopic (exact) mass is 485 g/mol. The van der Waals surface area contributed by atoms with E-state index in [1.54, 1.807) is 0 Å². The average molecular weight is 486 g/mol. The first-order valence-corrected chi connectivity index (χ1v) is 11.5. The lowest BCUT2D eigenvalue weighted by Crippen LogP contribution is -2.10. The fourth-order valence-corrected chi connectivity index (χ4v) is 3.93. The summed E-state index contributed by atoms with van der Waals surface area (Å²) in [5, 5.41) is 2.09. The van der Waals surface area contributed by atoms with Crippen molar-refractivity contribution in [3.05, 3.63) is 53.2 Å². The normalized spacial score (nSPS) is 11.6. The van der Waals surface area contributed by atoms with Crippen molar-refractivity contribution in [2.45, 2.75) is 51.6 Å². The topological polar surface area (TPSA) is 47.0 Å². The van der Waals surface area contributed by atoms with Crippen LogP contribution in [0.25, 0.3) is 11.3 Å². The smallest absolute Gasteiger partial charge is 0.420 e. The third-order valence-corrected chi connectivity index (χ3v) is 5.64. The van der Waals surface area contributed by atoms with E-state index in [2.05, 4.69) is 22.2 Å². The molecule has 0 aliphatic heterocycles. The van der Waals surface area contributed by atoms with Gasteiger partial charge in [0, 0.05) is 17.4 Å². The Morgan fingerprint density at radius 2 is 1.76 bits per heavy atom. The molecule has 2 aromatic heterocycles. The molecule has 1 N–H and O–H groups in total. The van der Waals surface area contributed by atoms with E-state index in [1.165, 1.54) is 18.2 Å². The molecule has 0 radical (unpaired) electrons. The molecule has 4 nitrogen and oxygen atoms in total. The van der Waals surface area contributed by atoms with Crippen molar-refractivity contribution in [1.29, 1.82) is 0 Å². The van der Waals surface area contributed by atoms with Crippen LogP contribution in [0.5, 0.6) is 5.75 Å². The zero-order chi connectivity index (χ0) is 23.8. The molecule has 0 aliphatic carbocycles. The van der Waals surface area contributed by atoms with Crippen molar-refractivity contribution in [2.24, 2.45) is 0 Å². The number of hydrogen-bond acceptors (Lipinski definition) is 5. The molecular weight excluding hydrogens is 461 g/mol. The van der Waals surface area contributed by atoms with Gasteiger partial charge in [-0.3, -0.25) is 0 Å². The first-order chi connectivity index (χ1) is 15.8. The molecule has 0 spiro atoms. The Bertz CT molecular complexity index is 1040. The van der Waals surface area contributed by atoms with Gasteiger partial charge in [0.2, 0.25) is 11.1 Å². The van der Waals surface area contributed by atoms with Crippen LogP contribution < -0.4 is 10.1 Å². The zero-order valence-corrected chi connectivity index (χ0v) is 18.8. The number of ether oxygens (including phenoxy) is 1. The van der Waals surface area contributed by atoms with E-state index in [0.717, 1.165) is 50.4 Å². The summed E-state index contributed by atoms with van der Waals surface area (Å²) in [6.45, 7) is 2.32. The van der Waals surface area contributed by atoms with E-state index < -0.39 is 22.8 Å². The van der Waals surface area contributed by atoms with Gasteiger partial charge in [-0.25, -0.2) is 9.97 Å². The predicted molar refractivity (Wildman–Crippen MR) is 119 cm³/mol. The van der Waals surface area contributed by atoms with Crippen LogP contribution in [0.15, 0.2) is 36.5 Å². The van der Waals surface area contributed by atoms with Gasteiger partial charge in [-0.1, -0.05) is 50.4 Å². The summed E-state index contributed by atoms with van der Waals surface area (Å²) in [4.78, 5) is 7.53. The van der Waals surface area contributed by atoms with Gasteiger partial charge in [0.15, 0.2) is 5.13 Å². The number of unbranched alkanes of at least 4 members (excludes halogenated alkanes) is 5. The minimum absolute atomic E-state index is 0.0562. The highest BCUT2D eigenvalue weighted by Crippen LogP contribution is 2.39. The number of thiazole rings is 1. The highest BCUT2D eigenvalue weighted by molar-refractivity contribution is 7.14. The molecule has 0 bridgehead atoms. The van der Waals surface area contributed by atoms with E-state index in [0.29, 0.717) is 17.8 Å². The number of anilines is 2. The van der Waals surface area contributed by atoms with Crippen molar-refractivity contribution < 1.29 is 26.7 Å². The summed E-state index contributed by atoms with van der Waals surface area (Å²) in [7, 11) is 0. The third kappa shape index (κ3) is 7.12. The summed E-state index contributed by atoms with van der Waals surface area (Å²) in [6.07, 6.45) is 2.53. The summed E-state index contributed by atoms with van der Waals surface area (Å²) in [5.74, 6) is -0.962. The Morgan fingerprint density at radius 3 is 2.45 bits per heavy atom. The Labute approximate surface area is 192 Å². The van der Waals surface area contributed by atoms with Crippen LogP contribution in [0, 0.1) is 11.1 Å². The molecule has 0 fully saturated rings. The lowest BCUT2D eigenvalue weighted by Gasteiger charge is -2.15. The highest BCUT2D eigenvalue weighted by atomic mass is 32.1. The number of benzene rings is 1. The predicted octanol–water partition coefficient (Wildman–Crippen LogP) is 7.99. The minimum Gasteiger partial charge on any atom is -0.493 e. The molecule has 2 heterocycles. The largest absolute Gasteiger partial charge is 0.493 e. The Balaban J connectivity index is 1.69. The number of hydrogen-bond donors (Lipinski definition) is 1. The van der Waals surface area contributed by atoms with Crippen LogP contribution in [0.3, 0.4) is 0 Å².